The molecule has 0 aliphatic carbocycles. The smallest absolute Gasteiger partial charge is 0.258 e. The van der Waals surface area contributed by atoms with Crippen molar-refractivity contribution in [3.63, 3.8) is 0 Å². The molecular formula is C22H19F2N3OS. The van der Waals surface area contributed by atoms with E-state index in [-0.39, 0.29) is 5.56 Å². The number of nitrogens with zero attached hydrogens (tertiary/aromatic N) is 2. The van der Waals surface area contributed by atoms with E-state index in [2.05, 4.69) is 22.1 Å². The van der Waals surface area contributed by atoms with E-state index in [9.17, 15) is 13.6 Å². The third kappa shape index (κ3) is 4.19. The summed E-state index contributed by atoms with van der Waals surface area (Å²) in [5, 5.41) is 5.64. The summed E-state index contributed by atoms with van der Waals surface area (Å²) in [6.07, 6.45) is 2.78. The Hall–Kier alpha value is -3.06. The molecule has 1 N–H and O–H groups in total. The highest BCUT2D eigenvalue weighted by Crippen LogP contribution is 2.31. The van der Waals surface area contributed by atoms with Crippen LogP contribution in [-0.2, 0) is 0 Å². The van der Waals surface area contributed by atoms with Gasteiger partial charge in [0.25, 0.3) is 5.91 Å². The van der Waals surface area contributed by atoms with Crippen LogP contribution >= 0.6 is 11.3 Å². The molecule has 3 aromatic rings. The molecule has 1 aromatic heterocycles. The van der Waals surface area contributed by atoms with Gasteiger partial charge in [0.15, 0.2) is 5.13 Å². The van der Waals surface area contributed by atoms with Crippen LogP contribution in [0.4, 0.5) is 19.6 Å². The van der Waals surface area contributed by atoms with Gasteiger partial charge in [-0.2, -0.15) is 0 Å². The van der Waals surface area contributed by atoms with Gasteiger partial charge in [0, 0.05) is 36.4 Å². The highest BCUT2D eigenvalue weighted by molar-refractivity contribution is 7.13. The second-order valence-electron chi connectivity index (χ2n) is 6.90. The van der Waals surface area contributed by atoms with Crippen molar-refractivity contribution in [2.45, 2.75) is 13.3 Å². The summed E-state index contributed by atoms with van der Waals surface area (Å²) in [6.45, 7) is 3.87. The molecule has 0 radical (unpaired) electrons. The number of aromatic nitrogens is 1. The van der Waals surface area contributed by atoms with Crippen molar-refractivity contribution >= 4 is 33.6 Å². The number of halogens is 2. The van der Waals surface area contributed by atoms with E-state index >= 15 is 0 Å². The zero-order valence-corrected chi connectivity index (χ0v) is 16.6. The van der Waals surface area contributed by atoms with E-state index < -0.39 is 17.5 Å². The van der Waals surface area contributed by atoms with E-state index in [1.54, 1.807) is 23.5 Å². The van der Waals surface area contributed by atoms with Crippen LogP contribution in [0.15, 0.2) is 59.6 Å². The minimum absolute atomic E-state index is 0.194. The Morgan fingerprint density at radius 3 is 2.66 bits per heavy atom. The minimum Gasteiger partial charge on any atom is -0.343 e. The monoisotopic (exact) mass is 411 g/mol. The number of hydrogen-bond acceptors (Lipinski definition) is 4. The maximum Gasteiger partial charge on any atom is 0.258 e. The number of amides is 1. The summed E-state index contributed by atoms with van der Waals surface area (Å²) < 4.78 is 26.8. The van der Waals surface area contributed by atoms with E-state index in [0.717, 1.165) is 42.3 Å². The Morgan fingerprint density at radius 2 is 1.97 bits per heavy atom. The van der Waals surface area contributed by atoms with Crippen molar-refractivity contribution in [3.05, 3.63) is 82.4 Å². The van der Waals surface area contributed by atoms with Crippen molar-refractivity contribution in [2.75, 3.05) is 23.3 Å². The van der Waals surface area contributed by atoms with Crippen LogP contribution in [0.3, 0.4) is 0 Å². The Morgan fingerprint density at radius 1 is 1.17 bits per heavy atom. The maximum atomic E-state index is 13.8. The predicted octanol–water partition coefficient (Wildman–Crippen LogP) is 5.36. The molecule has 2 heterocycles. The minimum atomic E-state index is -0.885. The van der Waals surface area contributed by atoms with Crippen molar-refractivity contribution in [2.24, 2.45) is 0 Å². The molecule has 1 amide bonds. The van der Waals surface area contributed by atoms with E-state index in [1.807, 2.05) is 23.7 Å². The lowest BCUT2D eigenvalue weighted by atomic mass is 9.95. The predicted molar refractivity (Wildman–Crippen MR) is 112 cm³/mol. The zero-order valence-electron chi connectivity index (χ0n) is 15.8. The SMILES string of the molecule is CC1=C(c2ccc(NC(=O)c3ccc(F)cc3F)cc2)CN(c2nccs2)CC1. The molecule has 1 aliphatic heterocycles. The Kier molecular flexibility index (Phi) is 5.40. The Bertz CT molecular complexity index is 1060. The van der Waals surface area contributed by atoms with Crippen LogP contribution in [0, 0.1) is 11.6 Å². The number of carbonyl (C=O) groups excluding carboxylic acids is 1. The van der Waals surface area contributed by atoms with Crippen molar-refractivity contribution in [3.8, 4) is 0 Å². The topological polar surface area (TPSA) is 45.2 Å². The van der Waals surface area contributed by atoms with E-state index in [1.165, 1.54) is 11.1 Å². The summed E-state index contributed by atoms with van der Waals surface area (Å²) in [7, 11) is 0. The Balaban J connectivity index is 1.49. The number of anilines is 2. The van der Waals surface area contributed by atoms with Gasteiger partial charge in [-0.1, -0.05) is 17.7 Å². The first-order valence-corrected chi connectivity index (χ1v) is 10.1. The normalized spacial score (nSPS) is 14.2. The molecule has 7 heteroatoms. The number of carbonyl (C=O) groups is 1. The van der Waals surface area contributed by atoms with Gasteiger partial charge in [0.05, 0.1) is 5.56 Å². The first-order chi connectivity index (χ1) is 14.0. The molecule has 1 aliphatic rings. The van der Waals surface area contributed by atoms with Crippen molar-refractivity contribution < 1.29 is 13.6 Å². The lowest BCUT2D eigenvalue weighted by Crippen LogP contribution is -2.30. The van der Waals surface area contributed by atoms with Crippen LogP contribution < -0.4 is 10.2 Å². The number of hydrogen-bond donors (Lipinski definition) is 1. The summed E-state index contributed by atoms with van der Waals surface area (Å²) in [5.41, 5.74) is 4.01. The highest BCUT2D eigenvalue weighted by atomic mass is 32.1. The van der Waals surface area contributed by atoms with Crippen LogP contribution in [0.5, 0.6) is 0 Å². The average molecular weight is 411 g/mol. The number of rotatable bonds is 4. The molecule has 0 bridgehead atoms. The fourth-order valence-electron chi connectivity index (χ4n) is 3.36. The Labute approximate surface area is 171 Å². The van der Waals surface area contributed by atoms with Gasteiger partial charge < -0.3 is 10.2 Å². The number of thiazole rings is 1. The summed E-state index contributed by atoms with van der Waals surface area (Å²) in [6, 6.07) is 10.4. The molecule has 0 atom stereocenters. The van der Waals surface area contributed by atoms with Gasteiger partial charge in [0.2, 0.25) is 0 Å². The summed E-state index contributed by atoms with van der Waals surface area (Å²) in [4.78, 5) is 18.9. The third-order valence-electron chi connectivity index (χ3n) is 4.98. The fourth-order valence-corrected chi connectivity index (χ4v) is 4.03. The van der Waals surface area contributed by atoms with Gasteiger partial charge in [-0.05, 0) is 48.7 Å². The van der Waals surface area contributed by atoms with Gasteiger partial charge >= 0.3 is 0 Å². The van der Waals surface area contributed by atoms with Gasteiger partial charge in [-0.15, -0.1) is 11.3 Å². The molecule has 4 rings (SSSR count). The third-order valence-corrected chi connectivity index (χ3v) is 5.81. The fraction of sp³-hybridized carbons (Fsp3) is 0.182. The lowest BCUT2D eigenvalue weighted by molar-refractivity contribution is 0.102. The first kappa shape index (κ1) is 19.3. The highest BCUT2D eigenvalue weighted by Gasteiger charge is 2.20. The first-order valence-electron chi connectivity index (χ1n) is 9.21. The summed E-state index contributed by atoms with van der Waals surface area (Å²) >= 11 is 1.63. The van der Waals surface area contributed by atoms with Crippen molar-refractivity contribution in [1.29, 1.82) is 0 Å². The molecular weight excluding hydrogens is 392 g/mol. The molecule has 0 saturated heterocycles. The van der Waals surface area contributed by atoms with Gasteiger partial charge in [0.1, 0.15) is 11.6 Å². The molecule has 29 heavy (non-hydrogen) atoms. The zero-order chi connectivity index (χ0) is 20.4. The van der Waals surface area contributed by atoms with Crippen LogP contribution in [0.1, 0.15) is 29.3 Å². The maximum absolute atomic E-state index is 13.8. The second kappa shape index (κ2) is 8.13. The molecule has 0 unspecified atom stereocenters. The van der Waals surface area contributed by atoms with E-state index in [0.29, 0.717) is 11.8 Å². The lowest BCUT2D eigenvalue weighted by Gasteiger charge is -2.30. The van der Waals surface area contributed by atoms with Crippen LogP contribution in [0.2, 0.25) is 0 Å². The number of nitrogens with one attached hydrogen (secondary N) is 1. The van der Waals surface area contributed by atoms with Crippen LogP contribution in [-0.4, -0.2) is 24.0 Å². The van der Waals surface area contributed by atoms with Gasteiger partial charge in [-0.3, -0.25) is 4.79 Å². The average Bonchev–Trinajstić information content (AvgIpc) is 3.24. The van der Waals surface area contributed by atoms with Crippen molar-refractivity contribution in [1.82, 2.24) is 4.98 Å². The number of benzene rings is 2. The molecule has 0 fully saturated rings. The van der Waals surface area contributed by atoms with E-state index in [4.69, 9.17) is 0 Å². The molecule has 4 nitrogen and oxygen atoms in total. The molecule has 0 saturated carbocycles. The molecule has 0 spiro atoms. The molecule has 2 aromatic carbocycles. The quantitative estimate of drug-likeness (QED) is 0.629. The largest absolute Gasteiger partial charge is 0.343 e. The summed E-state index contributed by atoms with van der Waals surface area (Å²) in [5.74, 6) is -2.21. The second-order valence-corrected chi connectivity index (χ2v) is 7.77. The van der Waals surface area contributed by atoms with Crippen LogP contribution in [0.25, 0.3) is 5.57 Å². The van der Waals surface area contributed by atoms with Gasteiger partial charge in [-0.25, -0.2) is 13.8 Å². The standard InChI is InChI=1S/C22H19F2N3OS/c1-14-8-10-27(22-25-9-11-29-22)13-19(14)15-2-5-17(6-3-15)26-21(28)18-7-4-16(23)12-20(18)24/h2-7,9,11-12H,8,10,13H2,1H3,(H,26,28). The molecule has 148 valence electrons.